The second-order valence-electron chi connectivity index (χ2n) is 4.39. The van der Waals surface area contributed by atoms with Crippen LogP contribution in [0.15, 0.2) is 24.3 Å². The first-order valence-corrected chi connectivity index (χ1v) is 6.45. The van der Waals surface area contributed by atoms with E-state index in [9.17, 15) is 15.3 Å². The molecule has 0 aliphatic carbocycles. The summed E-state index contributed by atoms with van der Waals surface area (Å²) in [7, 11) is 1.54. The molecule has 4 heteroatoms. The first kappa shape index (κ1) is 15.7. The molecule has 0 saturated carbocycles. The maximum Gasteiger partial charge on any atom is 0.124 e. The molecule has 0 fully saturated rings. The first-order valence-electron chi connectivity index (χ1n) is 6.45. The third-order valence-electron chi connectivity index (χ3n) is 3.00. The lowest BCUT2D eigenvalue weighted by Gasteiger charge is -2.14. The second-order valence-corrected chi connectivity index (χ2v) is 4.39. The van der Waals surface area contributed by atoms with Crippen molar-refractivity contribution in [3.8, 4) is 5.75 Å². The average molecular weight is 266 g/mol. The van der Waals surface area contributed by atoms with Crippen LogP contribution < -0.4 is 4.74 Å². The van der Waals surface area contributed by atoms with Gasteiger partial charge in [0.05, 0.1) is 25.9 Å². The Bertz CT molecular complexity index is 415. The SMILES string of the molecule is CCC[C@H](O)[C@H](O)/C=C/c1cccc(OC)c1CO. The van der Waals surface area contributed by atoms with Crippen LogP contribution in [0.4, 0.5) is 0 Å². The highest BCUT2D eigenvalue weighted by molar-refractivity contribution is 5.58. The molecule has 1 aromatic rings. The molecule has 0 radical (unpaired) electrons. The highest BCUT2D eigenvalue weighted by Gasteiger charge is 2.12. The van der Waals surface area contributed by atoms with Gasteiger partial charge in [0.15, 0.2) is 0 Å². The van der Waals surface area contributed by atoms with Gasteiger partial charge in [-0.25, -0.2) is 0 Å². The lowest BCUT2D eigenvalue weighted by molar-refractivity contribution is 0.0432. The molecule has 0 aliphatic rings. The van der Waals surface area contributed by atoms with E-state index in [2.05, 4.69) is 0 Å². The molecule has 2 atom stereocenters. The molecule has 0 bridgehead atoms. The molecule has 0 unspecified atom stereocenters. The van der Waals surface area contributed by atoms with E-state index in [0.29, 0.717) is 17.7 Å². The first-order chi connectivity index (χ1) is 9.13. The van der Waals surface area contributed by atoms with E-state index in [0.717, 1.165) is 12.0 Å². The van der Waals surface area contributed by atoms with Crippen LogP contribution in [0.25, 0.3) is 6.08 Å². The largest absolute Gasteiger partial charge is 0.496 e. The van der Waals surface area contributed by atoms with Crippen LogP contribution in [-0.2, 0) is 6.61 Å². The van der Waals surface area contributed by atoms with Crippen LogP contribution >= 0.6 is 0 Å². The predicted molar refractivity (Wildman–Crippen MR) is 74.9 cm³/mol. The van der Waals surface area contributed by atoms with Crippen LogP contribution in [0.3, 0.4) is 0 Å². The molecule has 0 spiro atoms. The Hall–Kier alpha value is -1.36. The van der Waals surface area contributed by atoms with Gasteiger partial charge in [-0.1, -0.05) is 37.6 Å². The zero-order valence-electron chi connectivity index (χ0n) is 11.4. The van der Waals surface area contributed by atoms with Gasteiger partial charge in [0.25, 0.3) is 0 Å². The summed E-state index contributed by atoms with van der Waals surface area (Å²) in [6.45, 7) is 1.81. The highest BCUT2D eigenvalue weighted by atomic mass is 16.5. The van der Waals surface area contributed by atoms with Gasteiger partial charge >= 0.3 is 0 Å². The van der Waals surface area contributed by atoms with Crippen LogP contribution in [0, 0.1) is 0 Å². The zero-order chi connectivity index (χ0) is 14.3. The number of hydrogen-bond acceptors (Lipinski definition) is 4. The van der Waals surface area contributed by atoms with Crippen molar-refractivity contribution in [2.24, 2.45) is 0 Å². The molecule has 1 rings (SSSR count). The Kier molecular flexibility index (Phi) is 6.56. The summed E-state index contributed by atoms with van der Waals surface area (Å²) in [5.74, 6) is 0.605. The van der Waals surface area contributed by atoms with E-state index in [4.69, 9.17) is 4.74 Å². The molecular formula is C15H22O4. The summed E-state index contributed by atoms with van der Waals surface area (Å²) >= 11 is 0. The average Bonchev–Trinajstić information content (AvgIpc) is 2.44. The normalized spacial score (nSPS) is 14.6. The molecule has 0 heterocycles. The number of aliphatic hydroxyl groups excluding tert-OH is 3. The van der Waals surface area contributed by atoms with Gasteiger partial charge < -0.3 is 20.1 Å². The molecule has 1 aromatic carbocycles. The standard InChI is InChI=1S/C15H22O4/c1-3-5-13(17)14(18)9-8-11-6-4-7-15(19-2)12(11)10-16/h4,6-9,13-14,16-18H,3,5,10H2,1-2H3/b9-8+/t13-,14+/m0/s1. The van der Waals surface area contributed by atoms with Crippen molar-refractivity contribution < 1.29 is 20.1 Å². The smallest absolute Gasteiger partial charge is 0.124 e. The van der Waals surface area contributed by atoms with Crippen molar-refractivity contribution in [3.63, 3.8) is 0 Å². The molecule has 0 aromatic heterocycles. The minimum atomic E-state index is -0.905. The summed E-state index contributed by atoms with van der Waals surface area (Å²) in [6, 6.07) is 5.40. The molecule has 4 nitrogen and oxygen atoms in total. The molecule has 3 N–H and O–H groups in total. The van der Waals surface area contributed by atoms with Gasteiger partial charge in [0.1, 0.15) is 5.75 Å². The third-order valence-corrected chi connectivity index (χ3v) is 3.00. The zero-order valence-corrected chi connectivity index (χ0v) is 11.4. The fourth-order valence-electron chi connectivity index (χ4n) is 1.90. The predicted octanol–water partition coefficient (Wildman–Crippen LogP) is 1.72. The van der Waals surface area contributed by atoms with Gasteiger partial charge in [-0.15, -0.1) is 0 Å². The van der Waals surface area contributed by atoms with E-state index in [1.54, 1.807) is 19.3 Å². The van der Waals surface area contributed by atoms with Crippen molar-refractivity contribution in [2.75, 3.05) is 7.11 Å². The highest BCUT2D eigenvalue weighted by Crippen LogP contribution is 2.23. The Morgan fingerprint density at radius 2 is 2.05 bits per heavy atom. The van der Waals surface area contributed by atoms with Crippen molar-refractivity contribution in [1.29, 1.82) is 0 Å². The fourth-order valence-corrected chi connectivity index (χ4v) is 1.90. The number of hydrogen-bond donors (Lipinski definition) is 3. The second kappa shape index (κ2) is 7.94. The third kappa shape index (κ3) is 4.35. The molecule has 106 valence electrons. The molecule has 0 saturated heterocycles. The maximum atomic E-state index is 9.77. The van der Waals surface area contributed by atoms with Crippen molar-refractivity contribution >= 4 is 6.08 Å². The summed E-state index contributed by atoms with van der Waals surface area (Å²) in [5, 5.41) is 28.8. The molecular weight excluding hydrogens is 244 g/mol. The topological polar surface area (TPSA) is 69.9 Å². The van der Waals surface area contributed by atoms with Gasteiger partial charge in [-0.05, 0) is 18.1 Å². The lowest BCUT2D eigenvalue weighted by Crippen LogP contribution is -2.23. The number of rotatable bonds is 7. The van der Waals surface area contributed by atoms with E-state index < -0.39 is 12.2 Å². The number of benzene rings is 1. The molecule has 0 amide bonds. The fraction of sp³-hybridized carbons (Fsp3) is 0.467. The maximum absolute atomic E-state index is 9.77. The van der Waals surface area contributed by atoms with Crippen molar-refractivity contribution in [1.82, 2.24) is 0 Å². The van der Waals surface area contributed by atoms with Crippen LogP contribution in [-0.4, -0.2) is 34.6 Å². The van der Waals surface area contributed by atoms with Crippen molar-refractivity contribution in [3.05, 3.63) is 35.4 Å². The van der Waals surface area contributed by atoms with Crippen LogP contribution in [0.2, 0.25) is 0 Å². The monoisotopic (exact) mass is 266 g/mol. The summed E-state index contributed by atoms with van der Waals surface area (Å²) < 4.78 is 5.16. The van der Waals surface area contributed by atoms with Crippen molar-refractivity contribution in [2.45, 2.75) is 38.6 Å². The Balaban J connectivity index is 2.87. The Morgan fingerprint density at radius 1 is 1.32 bits per heavy atom. The minimum absolute atomic E-state index is 0.142. The van der Waals surface area contributed by atoms with Crippen LogP contribution in [0.5, 0.6) is 5.75 Å². The van der Waals surface area contributed by atoms with Gasteiger partial charge in [0, 0.05) is 5.56 Å². The van der Waals surface area contributed by atoms with E-state index >= 15 is 0 Å². The Labute approximate surface area is 114 Å². The number of ether oxygens (including phenoxy) is 1. The summed E-state index contributed by atoms with van der Waals surface area (Å²) in [6.07, 6.45) is 2.93. The minimum Gasteiger partial charge on any atom is -0.496 e. The number of methoxy groups -OCH3 is 1. The van der Waals surface area contributed by atoms with E-state index in [1.165, 1.54) is 6.08 Å². The van der Waals surface area contributed by atoms with Gasteiger partial charge in [-0.2, -0.15) is 0 Å². The summed E-state index contributed by atoms with van der Waals surface area (Å²) in [4.78, 5) is 0. The quantitative estimate of drug-likeness (QED) is 0.703. The van der Waals surface area contributed by atoms with E-state index in [-0.39, 0.29) is 6.61 Å². The number of aliphatic hydroxyl groups is 3. The van der Waals surface area contributed by atoms with E-state index in [1.807, 2.05) is 19.1 Å². The van der Waals surface area contributed by atoms with Gasteiger partial charge in [0.2, 0.25) is 0 Å². The lowest BCUT2D eigenvalue weighted by atomic mass is 10.0. The molecule has 0 aliphatic heterocycles. The summed E-state index contributed by atoms with van der Waals surface area (Å²) in [5.41, 5.74) is 1.43. The van der Waals surface area contributed by atoms with Crippen LogP contribution in [0.1, 0.15) is 30.9 Å². The molecule has 19 heavy (non-hydrogen) atoms. The Morgan fingerprint density at radius 3 is 2.63 bits per heavy atom. The van der Waals surface area contributed by atoms with Gasteiger partial charge in [-0.3, -0.25) is 0 Å².